The topological polar surface area (TPSA) is 78.9 Å². The van der Waals surface area contributed by atoms with Crippen LogP contribution in [-0.2, 0) is 28.6 Å². The Balaban J connectivity index is 4.58. The Bertz CT molecular complexity index is 1870. The lowest BCUT2D eigenvalue weighted by molar-refractivity contribution is -0.167. The Kier molecular flexibility index (Phi) is 60.5. The van der Waals surface area contributed by atoms with Crippen molar-refractivity contribution < 1.29 is 28.6 Å². The van der Waals surface area contributed by atoms with Crippen LogP contribution >= 0.6 is 0 Å². The predicted molar refractivity (Wildman–Crippen MR) is 343 cm³/mol. The molecule has 0 fully saturated rings. The van der Waals surface area contributed by atoms with Gasteiger partial charge in [0.25, 0.3) is 0 Å². The maximum Gasteiger partial charge on any atom is 0.306 e. The third-order valence-corrected chi connectivity index (χ3v) is 12.4. The summed E-state index contributed by atoms with van der Waals surface area (Å²) in [7, 11) is 0. The van der Waals surface area contributed by atoms with Crippen LogP contribution in [0.3, 0.4) is 0 Å². The van der Waals surface area contributed by atoms with E-state index < -0.39 is 6.10 Å². The van der Waals surface area contributed by atoms with Crippen molar-refractivity contribution in [2.24, 2.45) is 0 Å². The lowest BCUT2D eigenvalue weighted by atomic mass is 10.1. The molecule has 0 saturated heterocycles. The van der Waals surface area contributed by atoms with Crippen LogP contribution in [0.1, 0.15) is 239 Å². The Labute approximate surface area is 484 Å². The molecule has 0 amide bonds. The number of esters is 3. The smallest absolute Gasteiger partial charge is 0.306 e. The molecule has 440 valence electrons. The Morgan fingerprint density at radius 3 is 0.835 bits per heavy atom. The molecule has 0 bridgehead atoms. The minimum absolute atomic E-state index is 0.128. The van der Waals surface area contributed by atoms with Crippen LogP contribution < -0.4 is 0 Å². The molecule has 0 heterocycles. The fourth-order valence-corrected chi connectivity index (χ4v) is 7.76. The number of carbonyl (C=O) groups excluding carboxylic acids is 3. The average Bonchev–Trinajstić information content (AvgIpc) is 3.45. The van der Waals surface area contributed by atoms with E-state index in [2.05, 4.69) is 203 Å². The molecular weight excluding hydrogens is 973 g/mol. The summed E-state index contributed by atoms with van der Waals surface area (Å²) in [6.07, 6.45) is 97.5. The molecule has 0 aromatic heterocycles. The predicted octanol–water partition coefficient (Wildman–Crippen LogP) is 21.7. The minimum atomic E-state index is -0.835. The van der Waals surface area contributed by atoms with Gasteiger partial charge in [0.15, 0.2) is 6.10 Å². The van der Waals surface area contributed by atoms with E-state index in [-0.39, 0.29) is 44.0 Å². The van der Waals surface area contributed by atoms with Crippen LogP contribution in [0.4, 0.5) is 0 Å². The number of hydrogen-bond acceptors (Lipinski definition) is 6. The molecule has 0 spiro atoms. The first kappa shape index (κ1) is 73.5. The van der Waals surface area contributed by atoms with Crippen molar-refractivity contribution in [3.05, 3.63) is 182 Å². The molecule has 1 atom stereocenters. The van der Waals surface area contributed by atoms with Gasteiger partial charge in [-0.2, -0.15) is 0 Å². The maximum atomic E-state index is 12.9. The third kappa shape index (κ3) is 63.2. The largest absolute Gasteiger partial charge is 0.462 e. The van der Waals surface area contributed by atoms with Crippen LogP contribution in [0, 0.1) is 0 Å². The third-order valence-electron chi connectivity index (χ3n) is 12.4. The number of ether oxygens (including phenoxy) is 3. The second-order valence-corrected chi connectivity index (χ2v) is 19.8. The van der Waals surface area contributed by atoms with E-state index in [0.29, 0.717) is 12.8 Å². The zero-order valence-electron chi connectivity index (χ0n) is 50.3. The summed E-state index contributed by atoms with van der Waals surface area (Å²) in [5, 5.41) is 0. The van der Waals surface area contributed by atoms with Gasteiger partial charge in [-0.25, -0.2) is 0 Å². The molecule has 0 aromatic rings. The van der Waals surface area contributed by atoms with Crippen LogP contribution in [0.5, 0.6) is 0 Å². The molecule has 0 saturated carbocycles. The molecule has 0 aliphatic heterocycles. The molecule has 0 radical (unpaired) electrons. The second kappa shape index (κ2) is 65.0. The quantitative estimate of drug-likeness (QED) is 0.0261. The van der Waals surface area contributed by atoms with Gasteiger partial charge in [-0.1, -0.05) is 248 Å². The van der Waals surface area contributed by atoms with Gasteiger partial charge < -0.3 is 14.2 Å². The molecule has 1 unspecified atom stereocenters. The number of carbonyl (C=O) groups is 3. The minimum Gasteiger partial charge on any atom is -0.462 e. The lowest BCUT2D eigenvalue weighted by Crippen LogP contribution is -2.30. The average molecular weight is 1090 g/mol. The molecule has 0 aliphatic rings. The summed E-state index contributed by atoms with van der Waals surface area (Å²) in [6, 6.07) is 0. The van der Waals surface area contributed by atoms with E-state index in [0.717, 1.165) is 154 Å². The van der Waals surface area contributed by atoms with Crippen LogP contribution in [0.15, 0.2) is 182 Å². The van der Waals surface area contributed by atoms with E-state index >= 15 is 0 Å². The zero-order chi connectivity index (χ0) is 57.1. The van der Waals surface area contributed by atoms with Gasteiger partial charge >= 0.3 is 17.9 Å². The van der Waals surface area contributed by atoms with Crippen molar-refractivity contribution in [2.45, 2.75) is 245 Å². The van der Waals surface area contributed by atoms with Gasteiger partial charge in [-0.05, 0) is 154 Å². The molecule has 0 rings (SSSR count). The first-order valence-corrected chi connectivity index (χ1v) is 31.3. The monoisotopic (exact) mass is 1080 g/mol. The molecule has 0 N–H and O–H groups in total. The normalized spacial score (nSPS) is 13.4. The Morgan fingerprint density at radius 1 is 0.266 bits per heavy atom. The van der Waals surface area contributed by atoms with Gasteiger partial charge in [0.2, 0.25) is 0 Å². The highest BCUT2D eigenvalue weighted by Gasteiger charge is 2.19. The SMILES string of the molecule is CC/C=C\C/C=C\C/C=C\C/C=C\C/C=C\C/C=C\C/C=C\CCCCCC(=O)OCC(COC(=O)CCC/C=C\C/C=C\C/C=C\C/C=C\C/C=C\CC)OC(=O)CCCCCCCC/C=C\C/C=C\C/C=C\CCCCC. The molecule has 6 heteroatoms. The maximum absolute atomic E-state index is 12.9. The van der Waals surface area contributed by atoms with Crippen molar-refractivity contribution in [2.75, 3.05) is 13.2 Å². The lowest BCUT2D eigenvalue weighted by Gasteiger charge is -2.18. The first-order chi connectivity index (χ1) is 39.0. The molecule has 79 heavy (non-hydrogen) atoms. The van der Waals surface area contributed by atoms with Gasteiger partial charge in [-0.15, -0.1) is 0 Å². The van der Waals surface area contributed by atoms with E-state index in [1.165, 1.54) is 38.5 Å². The first-order valence-electron chi connectivity index (χ1n) is 31.3. The van der Waals surface area contributed by atoms with E-state index in [1.54, 1.807) is 0 Å². The standard InChI is InChI=1S/C73H112O6/c1-4-7-10-13-16-19-22-25-28-31-33-34-35-36-37-38-40-42-45-48-51-54-57-60-63-66-72(75)78-69-70(68-77-71(74)65-62-59-56-53-50-47-44-41-30-27-24-21-18-15-12-9-6-3)79-73(76)67-64-61-58-55-52-49-46-43-39-32-29-26-23-20-17-14-11-8-5-2/h7,9-10,12,16-21,25-30,33-34,36-37,39-40,42-44,47-48,51,53,56,70H,4-6,8,11,13-15,22-24,31-32,35,38,41,45-46,49-50,52,54-55,57-69H2,1-3H3/b10-7-,12-9-,19-16-,20-17-,21-18-,28-25-,29-26-,30-27-,34-33-,37-36-,42-40-,43-39-,47-44-,51-48-,56-53-. The summed E-state index contributed by atoms with van der Waals surface area (Å²) >= 11 is 0. The van der Waals surface area contributed by atoms with Gasteiger partial charge in [0, 0.05) is 19.3 Å². The van der Waals surface area contributed by atoms with Crippen LogP contribution in [0.25, 0.3) is 0 Å². The van der Waals surface area contributed by atoms with Crippen molar-refractivity contribution in [3.63, 3.8) is 0 Å². The summed E-state index contributed by atoms with van der Waals surface area (Å²) < 4.78 is 16.8. The Hall–Kier alpha value is -5.49. The van der Waals surface area contributed by atoms with Gasteiger partial charge in [0.05, 0.1) is 0 Å². The van der Waals surface area contributed by atoms with Crippen LogP contribution in [-0.4, -0.2) is 37.2 Å². The number of unbranched alkanes of at least 4 members (excludes halogenated alkanes) is 13. The summed E-state index contributed by atoms with van der Waals surface area (Å²) in [5.41, 5.74) is 0. The number of hydrogen-bond donors (Lipinski definition) is 0. The molecule has 6 nitrogen and oxygen atoms in total. The second-order valence-electron chi connectivity index (χ2n) is 19.8. The summed E-state index contributed by atoms with van der Waals surface area (Å²) in [4.78, 5) is 38.3. The highest BCUT2D eigenvalue weighted by molar-refractivity contribution is 5.71. The summed E-state index contributed by atoms with van der Waals surface area (Å²) in [6.45, 7) is 6.28. The zero-order valence-corrected chi connectivity index (χ0v) is 50.3. The van der Waals surface area contributed by atoms with Crippen molar-refractivity contribution >= 4 is 17.9 Å². The molecule has 0 aliphatic carbocycles. The molecule has 0 aromatic carbocycles. The highest BCUT2D eigenvalue weighted by Crippen LogP contribution is 2.13. The van der Waals surface area contributed by atoms with E-state index in [1.807, 2.05) is 0 Å². The van der Waals surface area contributed by atoms with Gasteiger partial charge in [-0.3, -0.25) is 14.4 Å². The Morgan fingerprint density at radius 2 is 0.506 bits per heavy atom. The van der Waals surface area contributed by atoms with Crippen LogP contribution in [0.2, 0.25) is 0 Å². The fourth-order valence-electron chi connectivity index (χ4n) is 7.76. The summed E-state index contributed by atoms with van der Waals surface area (Å²) in [5.74, 6) is -1.04. The van der Waals surface area contributed by atoms with Crippen molar-refractivity contribution in [1.29, 1.82) is 0 Å². The van der Waals surface area contributed by atoms with Crippen molar-refractivity contribution in [3.8, 4) is 0 Å². The molecular formula is C73H112O6. The van der Waals surface area contributed by atoms with Crippen molar-refractivity contribution in [1.82, 2.24) is 0 Å². The van der Waals surface area contributed by atoms with E-state index in [4.69, 9.17) is 14.2 Å². The highest BCUT2D eigenvalue weighted by atomic mass is 16.6. The van der Waals surface area contributed by atoms with E-state index in [9.17, 15) is 14.4 Å². The van der Waals surface area contributed by atoms with Gasteiger partial charge in [0.1, 0.15) is 13.2 Å². The number of allylic oxidation sites excluding steroid dienone is 30. The number of rotatable bonds is 54. The fraction of sp³-hybridized carbons (Fsp3) is 0.548.